The predicted octanol–water partition coefficient (Wildman–Crippen LogP) is 4.05. The van der Waals surface area contributed by atoms with E-state index in [0.717, 1.165) is 38.0 Å². The highest BCUT2D eigenvalue weighted by Gasteiger charge is 2.21. The third-order valence-electron chi connectivity index (χ3n) is 5.06. The van der Waals surface area contributed by atoms with Crippen LogP contribution in [0.3, 0.4) is 0 Å². The number of likely N-dealkylation sites (tertiary alicyclic amines) is 1. The van der Waals surface area contributed by atoms with Crippen LogP contribution in [-0.2, 0) is 4.79 Å². The number of non-ortho nitro benzene ring substituents is 1. The van der Waals surface area contributed by atoms with Gasteiger partial charge in [-0.15, -0.1) is 0 Å². The van der Waals surface area contributed by atoms with E-state index in [1.54, 1.807) is 36.4 Å². The number of nitrogens with zero attached hydrogens (tertiary/aromatic N) is 2. The van der Waals surface area contributed by atoms with Crippen LogP contribution in [0.15, 0.2) is 48.5 Å². The normalized spacial score (nSPS) is 13.5. The molecule has 158 valence electrons. The number of hydrogen-bond acceptors (Lipinski definition) is 5. The topological polar surface area (TPSA) is 105 Å². The molecule has 0 bridgehead atoms. The number of carbonyl (C=O) groups is 2. The molecule has 2 aromatic rings. The Balaban J connectivity index is 1.48. The van der Waals surface area contributed by atoms with E-state index in [0.29, 0.717) is 30.6 Å². The van der Waals surface area contributed by atoms with Gasteiger partial charge in [0.05, 0.1) is 16.2 Å². The summed E-state index contributed by atoms with van der Waals surface area (Å²) in [7, 11) is 0. The van der Waals surface area contributed by atoms with Crippen molar-refractivity contribution in [2.75, 3.05) is 30.3 Å². The molecule has 0 saturated carbocycles. The molecule has 8 heteroatoms. The minimum absolute atomic E-state index is 0.0366. The van der Waals surface area contributed by atoms with Gasteiger partial charge in [0.15, 0.2) is 0 Å². The smallest absolute Gasteiger partial charge is 0.269 e. The molecule has 0 atom stereocenters. The van der Waals surface area contributed by atoms with Crippen molar-refractivity contribution >= 4 is 28.9 Å². The number of carbonyl (C=O) groups excluding carboxylic acids is 2. The molecule has 0 radical (unpaired) electrons. The first-order chi connectivity index (χ1) is 14.5. The van der Waals surface area contributed by atoms with Crippen molar-refractivity contribution in [3.05, 3.63) is 64.2 Å². The molecular formula is C22H26N4O4. The molecule has 0 aliphatic carbocycles. The second-order valence-corrected chi connectivity index (χ2v) is 7.28. The molecule has 1 heterocycles. The fraction of sp³-hybridized carbons (Fsp3) is 0.364. The fourth-order valence-corrected chi connectivity index (χ4v) is 3.44. The van der Waals surface area contributed by atoms with Crippen LogP contribution in [0, 0.1) is 10.1 Å². The molecule has 1 aliphatic heterocycles. The summed E-state index contributed by atoms with van der Waals surface area (Å²) in [5.41, 5.74) is 1.87. The summed E-state index contributed by atoms with van der Waals surface area (Å²) in [5.74, 6) is -0.190. The summed E-state index contributed by atoms with van der Waals surface area (Å²) in [5, 5.41) is 16.7. The van der Waals surface area contributed by atoms with Gasteiger partial charge in [0, 0.05) is 43.9 Å². The van der Waals surface area contributed by atoms with E-state index in [4.69, 9.17) is 0 Å². The maximum atomic E-state index is 12.8. The number of nitro benzene ring substituents is 1. The monoisotopic (exact) mass is 410 g/mol. The second-order valence-electron chi connectivity index (χ2n) is 7.28. The Morgan fingerprint density at radius 2 is 1.70 bits per heavy atom. The van der Waals surface area contributed by atoms with Crippen molar-refractivity contribution in [1.82, 2.24) is 4.90 Å². The lowest BCUT2D eigenvalue weighted by Crippen LogP contribution is -2.36. The van der Waals surface area contributed by atoms with E-state index in [9.17, 15) is 19.7 Å². The summed E-state index contributed by atoms with van der Waals surface area (Å²) >= 11 is 0. The third kappa shape index (κ3) is 5.79. The zero-order valence-electron chi connectivity index (χ0n) is 16.8. The fourth-order valence-electron chi connectivity index (χ4n) is 3.44. The predicted molar refractivity (Wildman–Crippen MR) is 116 cm³/mol. The molecule has 1 fully saturated rings. The Labute approximate surface area is 175 Å². The molecule has 2 aromatic carbocycles. The Hall–Kier alpha value is -3.42. The van der Waals surface area contributed by atoms with Crippen molar-refractivity contribution in [3.8, 4) is 0 Å². The molecule has 0 aromatic heterocycles. The minimum atomic E-state index is -0.442. The van der Waals surface area contributed by atoms with Crippen molar-refractivity contribution in [2.24, 2.45) is 0 Å². The molecule has 0 unspecified atom stereocenters. The molecule has 1 saturated heterocycles. The van der Waals surface area contributed by atoms with Gasteiger partial charge in [0.25, 0.3) is 11.6 Å². The van der Waals surface area contributed by atoms with Crippen LogP contribution in [0.5, 0.6) is 0 Å². The Morgan fingerprint density at radius 3 is 2.40 bits per heavy atom. The number of rotatable bonds is 8. The largest absolute Gasteiger partial charge is 0.385 e. The van der Waals surface area contributed by atoms with Gasteiger partial charge in [-0.3, -0.25) is 19.7 Å². The quantitative estimate of drug-likeness (QED) is 0.388. The molecule has 0 spiro atoms. The number of piperidine rings is 1. The van der Waals surface area contributed by atoms with E-state index in [1.807, 2.05) is 4.90 Å². The first-order valence-corrected chi connectivity index (χ1v) is 10.2. The molecule has 2 amide bonds. The van der Waals surface area contributed by atoms with Crippen LogP contribution in [0.25, 0.3) is 0 Å². The van der Waals surface area contributed by atoms with E-state index in [2.05, 4.69) is 10.6 Å². The van der Waals surface area contributed by atoms with E-state index in [-0.39, 0.29) is 17.5 Å². The lowest BCUT2D eigenvalue weighted by atomic mass is 10.1. The van der Waals surface area contributed by atoms with E-state index in [1.165, 1.54) is 12.1 Å². The van der Waals surface area contributed by atoms with E-state index >= 15 is 0 Å². The Kier molecular flexibility index (Phi) is 7.37. The van der Waals surface area contributed by atoms with Crippen LogP contribution >= 0.6 is 0 Å². The van der Waals surface area contributed by atoms with Gasteiger partial charge in [-0.25, -0.2) is 0 Å². The van der Waals surface area contributed by atoms with Crippen LogP contribution in [0.4, 0.5) is 17.1 Å². The van der Waals surface area contributed by atoms with E-state index < -0.39 is 4.92 Å². The summed E-state index contributed by atoms with van der Waals surface area (Å²) in [6.45, 7) is 2.07. The number of para-hydroxylation sites is 1. The zero-order chi connectivity index (χ0) is 21.3. The van der Waals surface area contributed by atoms with Gasteiger partial charge in [-0.1, -0.05) is 12.1 Å². The molecule has 1 aliphatic rings. The van der Waals surface area contributed by atoms with Crippen LogP contribution in [0.1, 0.15) is 42.5 Å². The number of nitro groups is 1. The highest BCUT2D eigenvalue weighted by atomic mass is 16.6. The maximum Gasteiger partial charge on any atom is 0.269 e. The Morgan fingerprint density at radius 1 is 1.00 bits per heavy atom. The van der Waals surface area contributed by atoms with Gasteiger partial charge in [0.1, 0.15) is 0 Å². The Bertz CT molecular complexity index is 892. The zero-order valence-corrected chi connectivity index (χ0v) is 16.8. The molecular weight excluding hydrogens is 384 g/mol. The first-order valence-electron chi connectivity index (χ1n) is 10.2. The van der Waals surface area contributed by atoms with Crippen molar-refractivity contribution < 1.29 is 14.5 Å². The average molecular weight is 410 g/mol. The molecule has 30 heavy (non-hydrogen) atoms. The molecule has 2 N–H and O–H groups in total. The van der Waals surface area contributed by atoms with Crippen LogP contribution in [-0.4, -0.2) is 41.3 Å². The third-order valence-corrected chi connectivity index (χ3v) is 5.06. The molecule has 8 nitrogen and oxygen atoms in total. The van der Waals surface area contributed by atoms with Gasteiger partial charge < -0.3 is 15.5 Å². The van der Waals surface area contributed by atoms with Crippen LogP contribution in [0.2, 0.25) is 0 Å². The average Bonchev–Trinajstić information content (AvgIpc) is 2.77. The molecule has 3 rings (SSSR count). The number of anilines is 2. The van der Waals surface area contributed by atoms with Gasteiger partial charge in [-0.05, 0) is 49.9 Å². The number of hydrogen-bond donors (Lipinski definition) is 2. The maximum absolute atomic E-state index is 12.8. The SMILES string of the molecule is O=C(CCCNc1ccc([N+](=O)[O-])cc1)Nc1ccccc1C(=O)N1CCCCC1. The summed E-state index contributed by atoms with van der Waals surface area (Å²) < 4.78 is 0. The lowest BCUT2D eigenvalue weighted by Gasteiger charge is -2.27. The first kappa shape index (κ1) is 21.3. The van der Waals surface area contributed by atoms with Gasteiger partial charge in [-0.2, -0.15) is 0 Å². The highest BCUT2D eigenvalue weighted by Crippen LogP contribution is 2.20. The minimum Gasteiger partial charge on any atom is -0.385 e. The summed E-state index contributed by atoms with van der Waals surface area (Å²) in [4.78, 5) is 37.2. The van der Waals surface area contributed by atoms with Gasteiger partial charge >= 0.3 is 0 Å². The van der Waals surface area contributed by atoms with Crippen molar-refractivity contribution in [1.29, 1.82) is 0 Å². The summed E-state index contributed by atoms with van der Waals surface area (Å²) in [6.07, 6.45) is 4.07. The standard InChI is InChI=1S/C22H26N4O4/c27-21(9-6-14-23-17-10-12-18(13-11-17)26(29)30)24-20-8-3-2-7-19(20)22(28)25-15-4-1-5-16-25/h2-3,7-8,10-13,23H,1,4-6,9,14-16H2,(H,24,27). The number of benzene rings is 2. The summed E-state index contributed by atoms with van der Waals surface area (Å²) in [6, 6.07) is 13.3. The van der Waals surface area contributed by atoms with Crippen molar-refractivity contribution in [3.63, 3.8) is 0 Å². The van der Waals surface area contributed by atoms with Gasteiger partial charge in [0.2, 0.25) is 5.91 Å². The highest BCUT2D eigenvalue weighted by molar-refractivity contribution is 6.03. The lowest BCUT2D eigenvalue weighted by molar-refractivity contribution is -0.384. The van der Waals surface area contributed by atoms with Crippen molar-refractivity contribution in [2.45, 2.75) is 32.1 Å². The number of nitrogens with one attached hydrogen (secondary N) is 2. The van der Waals surface area contributed by atoms with Crippen LogP contribution < -0.4 is 10.6 Å². The second kappa shape index (κ2) is 10.4. The number of amides is 2.